The third kappa shape index (κ3) is 3.47. The van der Waals surface area contributed by atoms with Gasteiger partial charge in [-0.2, -0.15) is 0 Å². The van der Waals surface area contributed by atoms with E-state index in [-0.39, 0.29) is 12.0 Å². The molecule has 1 saturated heterocycles. The zero-order chi connectivity index (χ0) is 19.1. The van der Waals surface area contributed by atoms with Gasteiger partial charge in [-0.25, -0.2) is 0 Å². The van der Waals surface area contributed by atoms with Gasteiger partial charge in [0, 0.05) is 38.3 Å². The topological polar surface area (TPSA) is 43.8 Å². The first kappa shape index (κ1) is 17.9. The minimum Gasteiger partial charge on any atom is -0.393 e. The first-order chi connectivity index (χ1) is 13.7. The van der Waals surface area contributed by atoms with Gasteiger partial charge in [0.2, 0.25) is 0 Å². The lowest BCUT2D eigenvalue weighted by Crippen LogP contribution is -2.31. The largest absolute Gasteiger partial charge is 0.393 e. The number of hydrogen-bond acceptors (Lipinski definition) is 3. The molecular formula is C24H28N2O2. The molecule has 4 nitrogen and oxygen atoms in total. The molecule has 1 aliphatic carbocycles. The molecule has 3 atom stereocenters. The summed E-state index contributed by atoms with van der Waals surface area (Å²) in [6, 6.07) is 16.9. The molecular weight excluding hydrogens is 348 g/mol. The van der Waals surface area contributed by atoms with E-state index in [0.717, 1.165) is 57.5 Å². The summed E-state index contributed by atoms with van der Waals surface area (Å²) in [5.74, 6) is 1.11. The van der Waals surface area contributed by atoms with Crippen LogP contribution < -0.4 is 0 Å². The molecule has 5 rings (SSSR count). The zero-order valence-corrected chi connectivity index (χ0v) is 16.3. The normalized spacial score (nSPS) is 26.9. The Balaban J connectivity index is 1.20. The van der Waals surface area contributed by atoms with Crippen molar-refractivity contribution < 1.29 is 9.90 Å². The molecule has 2 heterocycles. The molecule has 146 valence electrons. The fourth-order valence-electron chi connectivity index (χ4n) is 5.32. The first-order valence-electron chi connectivity index (χ1n) is 10.5. The van der Waals surface area contributed by atoms with Crippen LogP contribution in [0.2, 0.25) is 0 Å². The molecule has 1 N–H and O–H groups in total. The van der Waals surface area contributed by atoms with Crippen molar-refractivity contribution in [3.63, 3.8) is 0 Å². The molecule has 0 aromatic heterocycles. The molecule has 2 aromatic carbocycles. The summed E-state index contributed by atoms with van der Waals surface area (Å²) in [6.45, 7) is 4.61. The molecule has 0 radical (unpaired) electrons. The summed E-state index contributed by atoms with van der Waals surface area (Å²) in [4.78, 5) is 17.3. The monoisotopic (exact) mass is 376 g/mol. The SMILES string of the molecule is O=C(c1ccc(CN2CCc3ccccc3C2)cc1)N1C[C@H]2CC(O)C[C@H]2C1. The highest BCUT2D eigenvalue weighted by molar-refractivity contribution is 5.94. The second-order valence-corrected chi connectivity index (χ2v) is 8.78. The maximum atomic E-state index is 12.9. The summed E-state index contributed by atoms with van der Waals surface area (Å²) in [7, 11) is 0. The molecule has 2 fully saturated rings. The van der Waals surface area contributed by atoms with Gasteiger partial charge in [-0.15, -0.1) is 0 Å². The van der Waals surface area contributed by atoms with Crippen molar-refractivity contribution in [1.29, 1.82) is 0 Å². The van der Waals surface area contributed by atoms with Gasteiger partial charge in [-0.05, 0) is 59.9 Å². The van der Waals surface area contributed by atoms with Crippen molar-refractivity contribution in [2.24, 2.45) is 11.8 Å². The Hall–Kier alpha value is -2.17. The van der Waals surface area contributed by atoms with Crippen molar-refractivity contribution in [1.82, 2.24) is 9.80 Å². The van der Waals surface area contributed by atoms with E-state index < -0.39 is 0 Å². The average Bonchev–Trinajstić information content (AvgIpc) is 3.25. The van der Waals surface area contributed by atoms with Crippen LogP contribution in [0, 0.1) is 11.8 Å². The van der Waals surface area contributed by atoms with Crippen molar-refractivity contribution in [2.45, 2.75) is 38.5 Å². The Morgan fingerprint density at radius 1 is 0.964 bits per heavy atom. The zero-order valence-electron chi connectivity index (χ0n) is 16.3. The Bertz CT molecular complexity index is 849. The number of hydrogen-bond donors (Lipinski definition) is 1. The third-order valence-corrected chi connectivity index (χ3v) is 6.83. The maximum absolute atomic E-state index is 12.9. The quantitative estimate of drug-likeness (QED) is 0.895. The van der Waals surface area contributed by atoms with Crippen LogP contribution in [-0.2, 0) is 19.5 Å². The first-order valence-corrected chi connectivity index (χ1v) is 10.5. The fraction of sp³-hybridized carbons (Fsp3) is 0.458. The molecule has 0 spiro atoms. The molecule has 2 aromatic rings. The number of carbonyl (C=O) groups is 1. The van der Waals surface area contributed by atoms with Crippen molar-refractivity contribution in [3.05, 3.63) is 70.8 Å². The lowest BCUT2D eigenvalue weighted by atomic mass is 9.99. The van der Waals surface area contributed by atoms with Crippen LogP contribution in [0.3, 0.4) is 0 Å². The van der Waals surface area contributed by atoms with Gasteiger partial charge in [0.25, 0.3) is 5.91 Å². The highest BCUT2D eigenvalue weighted by Crippen LogP contribution is 2.38. The van der Waals surface area contributed by atoms with E-state index in [2.05, 4.69) is 41.3 Å². The van der Waals surface area contributed by atoms with Crippen LogP contribution in [0.15, 0.2) is 48.5 Å². The van der Waals surface area contributed by atoms with Crippen molar-refractivity contribution >= 4 is 5.91 Å². The molecule has 1 saturated carbocycles. The average molecular weight is 377 g/mol. The van der Waals surface area contributed by atoms with E-state index >= 15 is 0 Å². The molecule has 28 heavy (non-hydrogen) atoms. The second kappa shape index (κ2) is 7.34. The standard InChI is InChI=1S/C24H28N2O2/c27-23-11-21-15-26(16-22(21)12-23)24(28)19-7-5-17(6-8-19)13-25-10-9-18-3-1-2-4-20(18)14-25/h1-8,21-23,27H,9-16H2/t21-,22+,23?. The number of likely N-dealkylation sites (tertiary alicyclic amines) is 1. The van der Waals surface area contributed by atoms with E-state index in [1.165, 1.54) is 16.7 Å². The summed E-state index contributed by atoms with van der Waals surface area (Å²) in [5.41, 5.74) is 4.96. The van der Waals surface area contributed by atoms with Gasteiger partial charge in [-0.1, -0.05) is 36.4 Å². The third-order valence-electron chi connectivity index (χ3n) is 6.83. The van der Waals surface area contributed by atoms with E-state index in [4.69, 9.17) is 0 Å². The highest BCUT2D eigenvalue weighted by Gasteiger charge is 2.41. The van der Waals surface area contributed by atoms with Gasteiger partial charge >= 0.3 is 0 Å². The van der Waals surface area contributed by atoms with Gasteiger partial charge in [0.15, 0.2) is 0 Å². The number of fused-ring (bicyclic) bond motifs is 2. The number of aliphatic hydroxyl groups excluding tert-OH is 1. The summed E-state index contributed by atoms with van der Waals surface area (Å²) < 4.78 is 0. The van der Waals surface area contributed by atoms with Crippen LogP contribution in [0.1, 0.15) is 39.9 Å². The van der Waals surface area contributed by atoms with Gasteiger partial charge in [0.1, 0.15) is 0 Å². The Morgan fingerprint density at radius 3 is 2.36 bits per heavy atom. The lowest BCUT2D eigenvalue weighted by molar-refractivity contribution is 0.0765. The Morgan fingerprint density at radius 2 is 1.64 bits per heavy atom. The molecule has 1 amide bonds. The molecule has 2 aliphatic heterocycles. The number of amides is 1. The van der Waals surface area contributed by atoms with Gasteiger partial charge < -0.3 is 10.0 Å². The van der Waals surface area contributed by atoms with Crippen LogP contribution in [0.25, 0.3) is 0 Å². The highest BCUT2D eigenvalue weighted by atomic mass is 16.3. The Labute approximate surface area is 166 Å². The number of carbonyl (C=O) groups excluding carboxylic acids is 1. The van der Waals surface area contributed by atoms with Crippen LogP contribution in [0.4, 0.5) is 0 Å². The minimum atomic E-state index is -0.159. The molecule has 4 heteroatoms. The maximum Gasteiger partial charge on any atom is 0.253 e. The van der Waals surface area contributed by atoms with E-state index in [0.29, 0.717) is 11.8 Å². The summed E-state index contributed by atoms with van der Waals surface area (Å²) in [5, 5.41) is 9.79. The van der Waals surface area contributed by atoms with Crippen LogP contribution in [0.5, 0.6) is 0 Å². The smallest absolute Gasteiger partial charge is 0.253 e. The minimum absolute atomic E-state index is 0.141. The number of nitrogens with zero attached hydrogens (tertiary/aromatic N) is 2. The van der Waals surface area contributed by atoms with Crippen molar-refractivity contribution in [2.75, 3.05) is 19.6 Å². The van der Waals surface area contributed by atoms with Crippen LogP contribution >= 0.6 is 0 Å². The van der Waals surface area contributed by atoms with E-state index in [1.54, 1.807) is 0 Å². The van der Waals surface area contributed by atoms with Gasteiger partial charge in [-0.3, -0.25) is 9.69 Å². The molecule has 1 unspecified atom stereocenters. The lowest BCUT2D eigenvalue weighted by Gasteiger charge is -2.28. The summed E-state index contributed by atoms with van der Waals surface area (Å²) in [6.07, 6.45) is 2.66. The number of aliphatic hydroxyl groups is 1. The predicted molar refractivity (Wildman–Crippen MR) is 109 cm³/mol. The van der Waals surface area contributed by atoms with E-state index in [9.17, 15) is 9.90 Å². The predicted octanol–water partition coefficient (Wildman–Crippen LogP) is 3.09. The summed E-state index contributed by atoms with van der Waals surface area (Å²) >= 11 is 0. The fourth-order valence-corrected chi connectivity index (χ4v) is 5.32. The molecule has 0 bridgehead atoms. The van der Waals surface area contributed by atoms with E-state index in [1.807, 2.05) is 17.0 Å². The molecule has 3 aliphatic rings. The Kier molecular flexibility index (Phi) is 4.69. The number of rotatable bonds is 3. The van der Waals surface area contributed by atoms with Crippen molar-refractivity contribution in [3.8, 4) is 0 Å². The second-order valence-electron chi connectivity index (χ2n) is 8.78. The number of benzene rings is 2. The van der Waals surface area contributed by atoms with Gasteiger partial charge in [0.05, 0.1) is 6.10 Å². The van der Waals surface area contributed by atoms with Crippen LogP contribution in [-0.4, -0.2) is 46.6 Å².